The van der Waals surface area contributed by atoms with E-state index in [-0.39, 0.29) is 6.23 Å². The van der Waals surface area contributed by atoms with Gasteiger partial charge >= 0.3 is 6.16 Å². The molecule has 63 valence electrons. The molecule has 1 saturated heterocycles. The fourth-order valence-corrected chi connectivity index (χ4v) is 1.01. The molecule has 4 nitrogen and oxygen atoms in total. The van der Waals surface area contributed by atoms with Gasteiger partial charge in [0.15, 0.2) is 6.23 Å². The third kappa shape index (κ3) is 2.76. The van der Waals surface area contributed by atoms with Crippen LogP contribution in [-0.2, 0) is 9.47 Å². The average molecular weight is 158 g/mol. The van der Waals surface area contributed by atoms with E-state index in [0.29, 0.717) is 0 Å². The lowest BCUT2D eigenvalue weighted by molar-refractivity contribution is 0.0112. The van der Waals surface area contributed by atoms with Crippen LogP contribution in [0.5, 0.6) is 0 Å². The molecule has 0 aliphatic carbocycles. The van der Waals surface area contributed by atoms with E-state index in [1.807, 2.05) is 0 Å². The van der Waals surface area contributed by atoms with Crippen LogP contribution in [0.15, 0.2) is 0 Å². The second-order valence-electron chi connectivity index (χ2n) is 2.43. The minimum absolute atomic E-state index is 0.267. The Bertz CT molecular complexity index is 132. The number of rotatable bonds is 1. The third-order valence-electron chi connectivity index (χ3n) is 1.59. The van der Waals surface area contributed by atoms with Crippen molar-refractivity contribution in [2.45, 2.75) is 25.5 Å². The highest BCUT2D eigenvalue weighted by Crippen LogP contribution is 2.09. The summed E-state index contributed by atoms with van der Waals surface area (Å²) in [7, 11) is 1.30. The number of nitrogens with zero attached hydrogens (tertiary/aromatic N) is 1. The van der Waals surface area contributed by atoms with Crippen molar-refractivity contribution in [2.24, 2.45) is 0 Å². The van der Waals surface area contributed by atoms with E-state index < -0.39 is 6.16 Å². The predicted octanol–water partition coefficient (Wildman–Crippen LogP) is 0.884. The van der Waals surface area contributed by atoms with Gasteiger partial charge in [0, 0.05) is 6.54 Å². The molecule has 1 rings (SSSR count). The summed E-state index contributed by atoms with van der Waals surface area (Å²) in [5.74, 6) is 0. The lowest BCUT2D eigenvalue weighted by atomic mass is 10.1. The first-order chi connectivity index (χ1) is 5.33. The smallest absolute Gasteiger partial charge is 0.438 e. The van der Waals surface area contributed by atoms with Gasteiger partial charge in [-0.25, -0.2) is 10.1 Å². The standard InChI is InChI=1S/C7H12NO3/c1-10-7(9)11-6-4-2-3-5-8-6/h6H,2-5H2,1H3. The summed E-state index contributed by atoms with van der Waals surface area (Å²) in [5.41, 5.74) is 0. The normalized spacial score (nSPS) is 24.3. The number of hydrogen-bond acceptors (Lipinski definition) is 3. The van der Waals surface area contributed by atoms with Gasteiger partial charge in [0.05, 0.1) is 7.11 Å². The van der Waals surface area contributed by atoms with Crippen molar-refractivity contribution in [1.29, 1.82) is 0 Å². The van der Waals surface area contributed by atoms with E-state index >= 15 is 0 Å². The average Bonchev–Trinajstić information content (AvgIpc) is 2.06. The van der Waals surface area contributed by atoms with E-state index in [1.165, 1.54) is 7.11 Å². The van der Waals surface area contributed by atoms with Gasteiger partial charge in [-0.05, 0) is 19.3 Å². The van der Waals surface area contributed by atoms with E-state index in [1.54, 1.807) is 0 Å². The Morgan fingerprint density at radius 1 is 1.55 bits per heavy atom. The molecule has 4 heteroatoms. The van der Waals surface area contributed by atoms with E-state index in [4.69, 9.17) is 4.74 Å². The lowest BCUT2D eigenvalue weighted by Gasteiger charge is -2.20. The highest BCUT2D eigenvalue weighted by atomic mass is 16.7. The SMILES string of the molecule is COC(=O)OC1CCCC[N]1. The van der Waals surface area contributed by atoms with Gasteiger partial charge in [0.1, 0.15) is 0 Å². The van der Waals surface area contributed by atoms with Crippen molar-refractivity contribution >= 4 is 6.16 Å². The van der Waals surface area contributed by atoms with Gasteiger partial charge in [0.2, 0.25) is 0 Å². The van der Waals surface area contributed by atoms with E-state index in [9.17, 15) is 4.79 Å². The van der Waals surface area contributed by atoms with Gasteiger partial charge in [-0.15, -0.1) is 0 Å². The molecule has 1 atom stereocenters. The Labute approximate surface area is 65.9 Å². The number of methoxy groups -OCH3 is 1. The van der Waals surface area contributed by atoms with Crippen LogP contribution in [0.3, 0.4) is 0 Å². The Kier molecular flexibility index (Phi) is 3.16. The zero-order chi connectivity index (χ0) is 8.10. The fourth-order valence-electron chi connectivity index (χ4n) is 1.01. The maximum Gasteiger partial charge on any atom is 0.509 e. The molecule has 0 spiro atoms. The number of piperidine rings is 1. The van der Waals surface area contributed by atoms with Gasteiger partial charge in [0.25, 0.3) is 0 Å². The van der Waals surface area contributed by atoms with Crippen LogP contribution in [0.1, 0.15) is 19.3 Å². The quantitative estimate of drug-likeness (QED) is 0.532. The molecule has 1 aliphatic rings. The van der Waals surface area contributed by atoms with Gasteiger partial charge < -0.3 is 9.47 Å². The zero-order valence-corrected chi connectivity index (χ0v) is 6.58. The first-order valence-electron chi connectivity index (χ1n) is 3.74. The molecule has 0 aromatic rings. The summed E-state index contributed by atoms with van der Waals surface area (Å²) in [6.45, 7) is 0.793. The largest absolute Gasteiger partial charge is 0.509 e. The first kappa shape index (κ1) is 8.33. The second kappa shape index (κ2) is 4.18. The van der Waals surface area contributed by atoms with Crippen LogP contribution < -0.4 is 5.32 Å². The Morgan fingerprint density at radius 3 is 2.91 bits per heavy atom. The second-order valence-corrected chi connectivity index (χ2v) is 2.43. The Hall–Kier alpha value is -0.770. The monoisotopic (exact) mass is 158 g/mol. The topological polar surface area (TPSA) is 49.6 Å². The molecule has 1 aliphatic heterocycles. The van der Waals surface area contributed by atoms with Crippen LogP contribution in [0, 0.1) is 0 Å². The number of carbonyl (C=O) groups excluding carboxylic acids is 1. The van der Waals surface area contributed by atoms with Crippen LogP contribution in [-0.4, -0.2) is 26.0 Å². The van der Waals surface area contributed by atoms with Crippen LogP contribution >= 0.6 is 0 Å². The molecule has 11 heavy (non-hydrogen) atoms. The summed E-state index contributed by atoms with van der Waals surface area (Å²) >= 11 is 0. The van der Waals surface area contributed by atoms with Crippen molar-refractivity contribution in [3.8, 4) is 0 Å². The van der Waals surface area contributed by atoms with Crippen LogP contribution in [0.25, 0.3) is 0 Å². The van der Waals surface area contributed by atoms with Gasteiger partial charge in [-0.3, -0.25) is 0 Å². The predicted molar refractivity (Wildman–Crippen MR) is 38.1 cm³/mol. The minimum Gasteiger partial charge on any atom is -0.438 e. The third-order valence-corrected chi connectivity index (χ3v) is 1.59. The van der Waals surface area contributed by atoms with Crippen molar-refractivity contribution < 1.29 is 14.3 Å². The minimum atomic E-state index is -0.638. The highest BCUT2D eigenvalue weighted by Gasteiger charge is 2.17. The summed E-state index contributed by atoms with van der Waals surface area (Å²) < 4.78 is 9.14. The summed E-state index contributed by atoms with van der Waals surface area (Å²) in [6.07, 6.45) is 2.10. The van der Waals surface area contributed by atoms with Crippen molar-refractivity contribution in [1.82, 2.24) is 5.32 Å². The van der Waals surface area contributed by atoms with Crippen molar-refractivity contribution in [2.75, 3.05) is 13.7 Å². The summed E-state index contributed by atoms with van der Waals surface area (Å²) in [5, 5.41) is 4.09. The molecule has 1 unspecified atom stereocenters. The lowest BCUT2D eigenvalue weighted by Crippen LogP contribution is -2.32. The van der Waals surface area contributed by atoms with Crippen LogP contribution in [0.2, 0.25) is 0 Å². The zero-order valence-electron chi connectivity index (χ0n) is 6.58. The molecule has 1 fully saturated rings. The molecule has 1 radical (unpaired) electrons. The molecule has 0 amide bonds. The molecular formula is C7H12NO3. The number of ether oxygens (including phenoxy) is 2. The highest BCUT2D eigenvalue weighted by molar-refractivity contribution is 5.59. The van der Waals surface area contributed by atoms with E-state index in [0.717, 1.165) is 25.8 Å². The van der Waals surface area contributed by atoms with Crippen molar-refractivity contribution in [3.05, 3.63) is 0 Å². The Morgan fingerprint density at radius 2 is 2.36 bits per heavy atom. The molecule has 0 bridgehead atoms. The maximum atomic E-state index is 10.6. The Balaban J connectivity index is 2.19. The summed E-state index contributed by atoms with van der Waals surface area (Å²) in [6, 6.07) is 0. The van der Waals surface area contributed by atoms with Gasteiger partial charge in [-0.2, -0.15) is 0 Å². The molecule has 0 aromatic carbocycles. The number of carbonyl (C=O) groups is 1. The molecule has 0 saturated carbocycles. The molecule has 0 N–H and O–H groups in total. The van der Waals surface area contributed by atoms with Gasteiger partial charge in [-0.1, -0.05) is 0 Å². The first-order valence-corrected chi connectivity index (χ1v) is 3.74. The maximum absolute atomic E-state index is 10.6. The molecule has 1 heterocycles. The fraction of sp³-hybridized carbons (Fsp3) is 0.857. The molecule has 0 aromatic heterocycles. The number of hydrogen-bond donors (Lipinski definition) is 0. The summed E-state index contributed by atoms with van der Waals surface area (Å²) in [4.78, 5) is 10.6. The molecular weight excluding hydrogens is 146 g/mol. The van der Waals surface area contributed by atoms with E-state index in [2.05, 4.69) is 10.1 Å². The van der Waals surface area contributed by atoms with Crippen molar-refractivity contribution in [3.63, 3.8) is 0 Å². The van der Waals surface area contributed by atoms with Crippen LogP contribution in [0.4, 0.5) is 4.79 Å².